The van der Waals surface area contributed by atoms with Gasteiger partial charge in [0, 0.05) is 12.1 Å². The predicted molar refractivity (Wildman–Crippen MR) is 79.6 cm³/mol. The van der Waals surface area contributed by atoms with Crippen LogP contribution in [0.3, 0.4) is 0 Å². The lowest BCUT2D eigenvalue weighted by atomic mass is 10.1. The Labute approximate surface area is 118 Å². The molecule has 5 nitrogen and oxygen atoms in total. The van der Waals surface area contributed by atoms with Crippen LogP contribution in [0.4, 0.5) is 10.9 Å². The van der Waals surface area contributed by atoms with E-state index >= 15 is 0 Å². The van der Waals surface area contributed by atoms with Gasteiger partial charge in [0.15, 0.2) is 5.13 Å². The van der Waals surface area contributed by atoms with Gasteiger partial charge in [-0.05, 0) is 26.2 Å². The quantitative estimate of drug-likeness (QED) is 0.718. The summed E-state index contributed by atoms with van der Waals surface area (Å²) in [7, 11) is 0. The molecule has 1 fully saturated rings. The van der Waals surface area contributed by atoms with E-state index in [2.05, 4.69) is 22.5 Å². The number of nitrogens with one attached hydrogen (secondary N) is 2. The van der Waals surface area contributed by atoms with Gasteiger partial charge in [0.1, 0.15) is 10.7 Å². The van der Waals surface area contributed by atoms with Gasteiger partial charge in [-0.2, -0.15) is 0 Å². The molecular weight excluding hydrogens is 260 g/mol. The zero-order chi connectivity index (χ0) is 13.8. The van der Waals surface area contributed by atoms with E-state index in [0.717, 1.165) is 24.4 Å². The van der Waals surface area contributed by atoms with Gasteiger partial charge in [0.05, 0.1) is 0 Å². The first-order chi connectivity index (χ1) is 9.10. The minimum Gasteiger partial charge on any atom is -0.382 e. The van der Waals surface area contributed by atoms with E-state index in [1.54, 1.807) is 0 Å². The fourth-order valence-electron chi connectivity index (χ4n) is 1.83. The molecule has 19 heavy (non-hydrogen) atoms. The number of hydrogen-bond donors (Lipinski definition) is 3. The van der Waals surface area contributed by atoms with Gasteiger partial charge in [0.25, 0.3) is 5.91 Å². The molecule has 1 aliphatic rings. The Balaban J connectivity index is 1.91. The van der Waals surface area contributed by atoms with Crippen molar-refractivity contribution in [3.05, 3.63) is 4.88 Å². The van der Waals surface area contributed by atoms with Crippen molar-refractivity contribution in [2.45, 2.75) is 58.0 Å². The molecule has 1 unspecified atom stereocenters. The first-order valence-electron chi connectivity index (χ1n) is 6.93. The van der Waals surface area contributed by atoms with Crippen molar-refractivity contribution >= 4 is 28.2 Å². The van der Waals surface area contributed by atoms with Crippen LogP contribution in [-0.2, 0) is 0 Å². The number of thiazole rings is 1. The highest BCUT2D eigenvalue weighted by atomic mass is 32.1. The van der Waals surface area contributed by atoms with E-state index in [0.29, 0.717) is 16.7 Å². The van der Waals surface area contributed by atoms with Crippen LogP contribution in [0.15, 0.2) is 0 Å². The van der Waals surface area contributed by atoms with Crippen molar-refractivity contribution in [2.75, 3.05) is 11.1 Å². The van der Waals surface area contributed by atoms with Crippen LogP contribution >= 0.6 is 11.3 Å². The molecular formula is C13H22N4OS. The van der Waals surface area contributed by atoms with Crippen LogP contribution in [-0.4, -0.2) is 23.0 Å². The molecule has 1 saturated carbocycles. The zero-order valence-electron chi connectivity index (χ0n) is 11.5. The number of anilines is 2. The van der Waals surface area contributed by atoms with Crippen molar-refractivity contribution < 1.29 is 4.79 Å². The van der Waals surface area contributed by atoms with E-state index in [9.17, 15) is 4.79 Å². The summed E-state index contributed by atoms with van der Waals surface area (Å²) in [5.41, 5.74) is 5.81. The van der Waals surface area contributed by atoms with Gasteiger partial charge >= 0.3 is 0 Å². The molecule has 0 bridgehead atoms. The average molecular weight is 282 g/mol. The highest BCUT2D eigenvalue weighted by molar-refractivity contribution is 7.18. The molecule has 1 aromatic rings. The molecule has 0 aliphatic heterocycles. The lowest BCUT2D eigenvalue weighted by molar-refractivity contribution is 0.0943. The molecule has 1 heterocycles. The third kappa shape index (κ3) is 4.09. The Kier molecular flexibility index (Phi) is 4.63. The summed E-state index contributed by atoms with van der Waals surface area (Å²) in [6, 6.07) is 0.693. The summed E-state index contributed by atoms with van der Waals surface area (Å²) in [6.45, 7) is 4.17. The van der Waals surface area contributed by atoms with Crippen LogP contribution < -0.4 is 16.4 Å². The molecule has 1 aliphatic carbocycles. The number of amides is 1. The summed E-state index contributed by atoms with van der Waals surface area (Å²) in [6.07, 6.45) is 5.60. The second-order valence-electron chi connectivity index (χ2n) is 5.17. The monoisotopic (exact) mass is 282 g/mol. The largest absolute Gasteiger partial charge is 0.382 e. The Morgan fingerprint density at radius 2 is 2.32 bits per heavy atom. The van der Waals surface area contributed by atoms with Crippen LogP contribution in [0.5, 0.6) is 0 Å². The fraction of sp³-hybridized carbons (Fsp3) is 0.692. The number of nitrogens with zero attached hydrogens (tertiary/aromatic N) is 1. The molecule has 1 amide bonds. The third-order valence-corrected chi connectivity index (χ3v) is 4.13. The van der Waals surface area contributed by atoms with Crippen molar-refractivity contribution in [1.29, 1.82) is 0 Å². The summed E-state index contributed by atoms with van der Waals surface area (Å²) in [5, 5.41) is 7.00. The Morgan fingerprint density at radius 3 is 2.95 bits per heavy atom. The summed E-state index contributed by atoms with van der Waals surface area (Å²) < 4.78 is 0. The van der Waals surface area contributed by atoms with Gasteiger partial charge < -0.3 is 16.4 Å². The lowest BCUT2D eigenvalue weighted by Crippen LogP contribution is -2.32. The van der Waals surface area contributed by atoms with E-state index in [4.69, 9.17) is 5.73 Å². The molecule has 0 aromatic carbocycles. The van der Waals surface area contributed by atoms with E-state index < -0.39 is 0 Å². The van der Waals surface area contributed by atoms with Gasteiger partial charge in [-0.25, -0.2) is 4.98 Å². The Morgan fingerprint density at radius 1 is 1.58 bits per heavy atom. The van der Waals surface area contributed by atoms with Crippen LogP contribution in [0.2, 0.25) is 0 Å². The van der Waals surface area contributed by atoms with E-state index in [1.807, 2.05) is 6.92 Å². The Bertz CT molecular complexity index is 442. The summed E-state index contributed by atoms with van der Waals surface area (Å²) >= 11 is 1.34. The highest BCUT2D eigenvalue weighted by Crippen LogP contribution is 2.30. The molecule has 2 rings (SSSR count). The molecule has 0 radical (unpaired) electrons. The number of nitrogen functional groups attached to an aromatic ring is 1. The van der Waals surface area contributed by atoms with Crippen molar-refractivity contribution in [3.8, 4) is 0 Å². The van der Waals surface area contributed by atoms with Gasteiger partial charge in [-0.1, -0.05) is 31.1 Å². The Hall–Kier alpha value is -1.30. The number of carbonyl (C=O) groups is 1. The average Bonchev–Trinajstić information content (AvgIpc) is 3.09. The first-order valence-corrected chi connectivity index (χ1v) is 7.75. The number of rotatable bonds is 7. The molecule has 1 atom stereocenters. The van der Waals surface area contributed by atoms with Gasteiger partial charge in [-0.15, -0.1) is 0 Å². The molecule has 6 heteroatoms. The smallest absolute Gasteiger partial charge is 0.265 e. The van der Waals surface area contributed by atoms with E-state index in [-0.39, 0.29) is 11.9 Å². The summed E-state index contributed by atoms with van der Waals surface area (Å²) in [5.74, 6) is 0.218. The maximum atomic E-state index is 12.1. The topological polar surface area (TPSA) is 80.0 Å². The van der Waals surface area contributed by atoms with Crippen molar-refractivity contribution in [1.82, 2.24) is 10.3 Å². The van der Waals surface area contributed by atoms with Gasteiger partial charge in [0.2, 0.25) is 0 Å². The second kappa shape index (κ2) is 6.23. The molecule has 1 aromatic heterocycles. The van der Waals surface area contributed by atoms with Crippen LogP contribution in [0.25, 0.3) is 0 Å². The number of aromatic nitrogens is 1. The minimum absolute atomic E-state index is 0.109. The first kappa shape index (κ1) is 14.1. The number of hydrogen-bond acceptors (Lipinski definition) is 5. The molecule has 106 valence electrons. The fourth-order valence-corrected chi connectivity index (χ4v) is 2.70. The van der Waals surface area contributed by atoms with Crippen LogP contribution in [0.1, 0.15) is 55.6 Å². The number of carbonyl (C=O) groups excluding carboxylic acids is 1. The second-order valence-corrected chi connectivity index (χ2v) is 6.17. The zero-order valence-corrected chi connectivity index (χ0v) is 12.3. The third-order valence-electron chi connectivity index (χ3n) is 3.13. The maximum Gasteiger partial charge on any atom is 0.265 e. The minimum atomic E-state index is -0.109. The number of nitrogens with two attached hydrogens (primary N) is 1. The highest BCUT2D eigenvalue weighted by Gasteiger charge is 2.24. The van der Waals surface area contributed by atoms with Crippen molar-refractivity contribution in [3.63, 3.8) is 0 Å². The molecule has 0 spiro atoms. The summed E-state index contributed by atoms with van der Waals surface area (Å²) in [4.78, 5) is 16.8. The van der Waals surface area contributed by atoms with Crippen molar-refractivity contribution in [2.24, 2.45) is 0 Å². The standard InChI is InChI=1S/C13H22N4OS/c1-3-4-5-8(2)15-12(18)10-11(14)17-13(19-10)16-9-6-7-9/h8-9H,3-7,14H2,1-2H3,(H,15,18)(H,16,17). The van der Waals surface area contributed by atoms with Gasteiger partial charge in [-0.3, -0.25) is 4.79 Å². The SMILES string of the molecule is CCCCC(C)NC(=O)c1sc(NC2CC2)nc1N. The molecule has 0 saturated heterocycles. The maximum absolute atomic E-state index is 12.1. The lowest BCUT2D eigenvalue weighted by Gasteiger charge is -2.12. The van der Waals surface area contributed by atoms with Crippen LogP contribution in [0, 0.1) is 0 Å². The van der Waals surface area contributed by atoms with E-state index in [1.165, 1.54) is 24.2 Å². The molecule has 4 N–H and O–H groups in total. The predicted octanol–water partition coefficient (Wildman–Crippen LogP) is 2.61. The number of unbranched alkanes of at least 4 members (excludes halogenated alkanes) is 1. The normalized spacial score (nSPS) is 16.1.